The van der Waals surface area contributed by atoms with Crippen LogP contribution in [0.5, 0.6) is 5.75 Å². The van der Waals surface area contributed by atoms with E-state index in [-0.39, 0.29) is 5.88 Å². The first kappa shape index (κ1) is 13.5. The molecule has 1 rings (SSSR count). The molecule has 0 aromatic heterocycles. The van der Waals surface area contributed by atoms with Crippen LogP contribution in [0.3, 0.4) is 0 Å². The highest BCUT2D eigenvalue weighted by atomic mass is 35.5. The zero-order valence-corrected chi connectivity index (χ0v) is 10.0. The summed E-state index contributed by atoms with van der Waals surface area (Å²) in [7, 11) is -3.81. The first-order valence-corrected chi connectivity index (χ1v) is 6.59. The number of benzene rings is 1. The Hall–Kier alpha value is -1.54. The Morgan fingerprint density at radius 3 is 2.65 bits per heavy atom. The minimum absolute atomic E-state index is 0.156. The summed E-state index contributed by atoms with van der Waals surface area (Å²) in [5.74, 6) is -1.08. The summed E-state index contributed by atoms with van der Waals surface area (Å²) in [6.45, 7) is 0. The Morgan fingerprint density at radius 2 is 2.12 bits per heavy atom. The molecular formula is C8H9ClN2O5S. The lowest BCUT2D eigenvalue weighted by molar-refractivity contribution is -0.383. The normalized spacial score (nSPS) is 11.1. The molecule has 0 saturated heterocycles. The quantitative estimate of drug-likeness (QED) is 0.365. The number of nitro benzene ring substituents is 1. The van der Waals surface area contributed by atoms with Gasteiger partial charge in [0.15, 0.2) is 5.69 Å². The smallest absolute Gasteiger partial charge is 0.297 e. The van der Waals surface area contributed by atoms with Crippen molar-refractivity contribution in [2.75, 3.05) is 16.4 Å². The molecule has 1 aromatic rings. The third-order valence-corrected chi connectivity index (χ3v) is 3.49. The highest BCUT2D eigenvalue weighted by Crippen LogP contribution is 2.33. The minimum atomic E-state index is -3.81. The number of hydrogen-bond donors (Lipinski definition) is 2. The van der Waals surface area contributed by atoms with Gasteiger partial charge in [-0.25, -0.2) is 8.42 Å². The highest BCUT2D eigenvalue weighted by Gasteiger charge is 2.21. The van der Waals surface area contributed by atoms with Gasteiger partial charge in [-0.1, -0.05) is 6.07 Å². The molecule has 2 N–H and O–H groups in total. The van der Waals surface area contributed by atoms with Gasteiger partial charge in [-0.05, 0) is 6.07 Å². The number of hydrogen-bond acceptors (Lipinski definition) is 5. The molecule has 0 aliphatic rings. The molecule has 0 spiro atoms. The molecule has 7 nitrogen and oxygen atoms in total. The number of halogens is 1. The second-order valence-corrected chi connectivity index (χ2v) is 5.26. The van der Waals surface area contributed by atoms with Gasteiger partial charge in [-0.15, -0.1) is 11.6 Å². The van der Waals surface area contributed by atoms with Crippen molar-refractivity contribution in [3.8, 4) is 5.75 Å². The Morgan fingerprint density at radius 1 is 1.47 bits per heavy atom. The minimum Gasteiger partial charge on any atom is -0.505 e. The predicted molar refractivity (Wildman–Crippen MR) is 62.9 cm³/mol. The molecule has 0 amide bonds. The van der Waals surface area contributed by atoms with E-state index < -0.39 is 37.8 Å². The predicted octanol–water partition coefficient (Wildman–Crippen LogP) is 1.28. The van der Waals surface area contributed by atoms with E-state index in [1.807, 2.05) is 4.72 Å². The number of anilines is 1. The molecule has 0 aliphatic heterocycles. The molecule has 0 saturated carbocycles. The summed E-state index contributed by atoms with van der Waals surface area (Å²) < 4.78 is 24.7. The maximum atomic E-state index is 11.4. The van der Waals surface area contributed by atoms with E-state index in [9.17, 15) is 23.6 Å². The van der Waals surface area contributed by atoms with Gasteiger partial charge in [0.05, 0.1) is 10.7 Å². The topological polar surface area (TPSA) is 110 Å². The summed E-state index contributed by atoms with van der Waals surface area (Å²) in [6, 6.07) is 3.47. The van der Waals surface area contributed by atoms with E-state index in [4.69, 9.17) is 11.6 Å². The lowest BCUT2D eigenvalue weighted by atomic mass is 10.2. The zero-order valence-electron chi connectivity index (χ0n) is 8.46. The average Bonchev–Trinajstić information content (AvgIpc) is 2.20. The van der Waals surface area contributed by atoms with Gasteiger partial charge in [0.25, 0.3) is 5.69 Å². The fraction of sp³-hybridized carbons (Fsp3) is 0.250. The largest absolute Gasteiger partial charge is 0.505 e. The molecular weight excluding hydrogens is 272 g/mol. The van der Waals surface area contributed by atoms with E-state index in [0.29, 0.717) is 0 Å². The fourth-order valence-electron chi connectivity index (χ4n) is 1.09. The number of phenolic OH excluding ortho intramolecular Hbond substituents is 1. The van der Waals surface area contributed by atoms with Crippen molar-refractivity contribution >= 4 is 33.0 Å². The van der Waals surface area contributed by atoms with Gasteiger partial charge in [-0.2, -0.15) is 0 Å². The number of aromatic hydroxyl groups is 1. The summed E-state index contributed by atoms with van der Waals surface area (Å²) in [5, 5.41) is 20.1. The van der Waals surface area contributed by atoms with Crippen molar-refractivity contribution in [3.63, 3.8) is 0 Å². The number of alkyl halides is 1. The number of rotatable bonds is 5. The van der Waals surface area contributed by atoms with Crippen LogP contribution in [0.2, 0.25) is 0 Å². The molecule has 94 valence electrons. The van der Waals surface area contributed by atoms with Crippen LogP contribution in [0.25, 0.3) is 0 Å². The van der Waals surface area contributed by atoms with Gasteiger partial charge in [-0.3, -0.25) is 14.8 Å². The molecule has 0 heterocycles. The number of nitro groups is 1. The van der Waals surface area contributed by atoms with Crippen molar-refractivity contribution in [2.45, 2.75) is 0 Å². The van der Waals surface area contributed by atoms with E-state index in [1.165, 1.54) is 6.07 Å². The van der Waals surface area contributed by atoms with Crippen LogP contribution in [-0.2, 0) is 10.0 Å². The Balaban J connectivity index is 3.18. The van der Waals surface area contributed by atoms with Crippen molar-refractivity contribution in [2.24, 2.45) is 0 Å². The second-order valence-electron chi connectivity index (χ2n) is 3.04. The van der Waals surface area contributed by atoms with E-state index in [1.54, 1.807) is 0 Å². The van der Waals surface area contributed by atoms with Crippen molar-refractivity contribution < 1.29 is 18.4 Å². The average molecular weight is 281 g/mol. The molecule has 0 radical (unpaired) electrons. The molecule has 0 bridgehead atoms. The van der Waals surface area contributed by atoms with Crippen LogP contribution in [0.1, 0.15) is 0 Å². The maximum Gasteiger partial charge on any atom is 0.297 e. The van der Waals surface area contributed by atoms with Crippen LogP contribution >= 0.6 is 11.6 Å². The molecule has 0 unspecified atom stereocenters. The third-order valence-electron chi connectivity index (χ3n) is 1.82. The van der Waals surface area contributed by atoms with Crippen molar-refractivity contribution in [3.05, 3.63) is 28.3 Å². The molecule has 0 aliphatic carbocycles. The molecule has 1 aromatic carbocycles. The molecule has 0 atom stereocenters. The van der Waals surface area contributed by atoms with Gasteiger partial charge >= 0.3 is 0 Å². The van der Waals surface area contributed by atoms with E-state index in [0.717, 1.165) is 12.1 Å². The first-order valence-electron chi connectivity index (χ1n) is 4.40. The summed E-state index contributed by atoms with van der Waals surface area (Å²) in [5.41, 5.74) is -0.981. The molecule has 17 heavy (non-hydrogen) atoms. The number of phenols is 1. The van der Waals surface area contributed by atoms with E-state index >= 15 is 0 Å². The Kier molecular flexibility index (Phi) is 4.13. The van der Waals surface area contributed by atoms with Crippen LogP contribution in [-0.4, -0.2) is 30.1 Å². The highest BCUT2D eigenvalue weighted by molar-refractivity contribution is 7.92. The summed E-state index contributed by atoms with van der Waals surface area (Å²) in [4.78, 5) is 9.86. The van der Waals surface area contributed by atoms with Crippen molar-refractivity contribution in [1.82, 2.24) is 0 Å². The molecule has 0 fully saturated rings. The number of nitrogens with one attached hydrogen (secondary N) is 1. The van der Waals surface area contributed by atoms with Crippen LogP contribution in [0.15, 0.2) is 18.2 Å². The van der Waals surface area contributed by atoms with E-state index in [2.05, 4.69) is 0 Å². The van der Waals surface area contributed by atoms with Crippen LogP contribution < -0.4 is 4.72 Å². The van der Waals surface area contributed by atoms with Crippen molar-refractivity contribution in [1.29, 1.82) is 0 Å². The van der Waals surface area contributed by atoms with Gasteiger partial charge in [0.2, 0.25) is 10.0 Å². The van der Waals surface area contributed by atoms with Crippen LogP contribution in [0, 0.1) is 10.1 Å². The van der Waals surface area contributed by atoms with Gasteiger partial charge < -0.3 is 5.11 Å². The fourth-order valence-corrected chi connectivity index (χ4v) is 2.53. The Bertz CT molecular complexity index is 531. The number of sulfonamides is 1. The Labute approximate surface area is 102 Å². The number of para-hydroxylation sites is 1. The lowest BCUT2D eigenvalue weighted by Gasteiger charge is -2.08. The van der Waals surface area contributed by atoms with Gasteiger partial charge in [0, 0.05) is 11.9 Å². The monoisotopic (exact) mass is 280 g/mol. The van der Waals surface area contributed by atoms with Crippen LogP contribution in [0.4, 0.5) is 11.4 Å². The summed E-state index contributed by atoms with van der Waals surface area (Å²) >= 11 is 5.28. The number of nitrogens with zero attached hydrogens (tertiary/aromatic N) is 1. The second kappa shape index (κ2) is 5.19. The lowest BCUT2D eigenvalue weighted by Crippen LogP contribution is -2.18. The zero-order chi connectivity index (χ0) is 13.1. The SMILES string of the molecule is O=[N+]([O-])c1cccc(O)c1NS(=O)(=O)CCCl. The summed E-state index contributed by atoms with van der Waals surface area (Å²) in [6.07, 6.45) is 0. The van der Waals surface area contributed by atoms with Gasteiger partial charge in [0.1, 0.15) is 5.75 Å². The third kappa shape index (κ3) is 3.46. The maximum absolute atomic E-state index is 11.4. The molecule has 9 heteroatoms. The standard InChI is InChI=1S/C8H9ClN2O5S/c9-4-5-17(15,16)10-8-6(11(13)14)2-1-3-7(8)12/h1-3,10,12H,4-5H2. The first-order chi connectivity index (χ1) is 7.87.